The minimum Gasteiger partial charge on any atom is -0.353 e. The average Bonchev–Trinajstić information content (AvgIpc) is 2.58. The van der Waals surface area contributed by atoms with Crippen LogP contribution < -0.4 is 10.6 Å². The van der Waals surface area contributed by atoms with E-state index < -0.39 is 0 Å². The van der Waals surface area contributed by atoms with Gasteiger partial charge >= 0.3 is 0 Å². The van der Waals surface area contributed by atoms with Gasteiger partial charge in [0.2, 0.25) is 5.91 Å². The largest absolute Gasteiger partial charge is 0.353 e. The minimum atomic E-state index is -0.176. The van der Waals surface area contributed by atoms with Crippen molar-refractivity contribution in [2.75, 3.05) is 13.1 Å². The molecule has 1 atom stereocenters. The summed E-state index contributed by atoms with van der Waals surface area (Å²) < 4.78 is 0. The van der Waals surface area contributed by atoms with E-state index in [1.165, 1.54) is 38.5 Å². The summed E-state index contributed by atoms with van der Waals surface area (Å²) in [7, 11) is 0. The summed E-state index contributed by atoms with van der Waals surface area (Å²) in [5, 5.41) is 6.64. The van der Waals surface area contributed by atoms with E-state index in [0.717, 1.165) is 25.9 Å². The van der Waals surface area contributed by atoms with Crippen molar-refractivity contribution in [3.8, 4) is 0 Å². The van der Waals surface area contributed by atoms with Crippen molar-refractivity contribution in [3.05, 3.63) is 0 Å². The molecule has 2 aliphatic rings. The van der Waals surface area contributed by atoms with Crippen LogP contribution in [0.3, 0.4) is 0 Å². The van der Waals surface area contributed by atoms with Crippen LogP contribution in [0.15, 0.2) is 0 Å². The Bertz CT molecular complexity index is 257. The lowest BCUT2D eigenvalue weighted by Gasteiger charge is -2.34. The SMILES string of the molecule is CC1(C(=O)NC2CCCCCC2)CCCNC1.Cl. The Morgan fingerprint density at radius 1 is 1.17 bits per heavy atom. The summed E-state index contributed by atoms with van der Waals surface area (Å²) in [5.41, 5.74) is -0.176. The molecule has 106 valence electrons. The van der Waals surface area contributed by atoms with Gasteiger partial charge in [0.05, 0.1) is 5.41 Å². The summed E-state index contributed by atoms with van der Waals surface area (Å²) in [4.78, 5) is 12.3. The van der Waals surface area contributed by atoms with Crippen LogP contribution in [-0.4, -0.2) is 25.0 Å². The van der Waals surface area contributed by atoms with Crippen LogP contribution >= 0.6 is 12.4 Å². The fourth-order valence-corrected chi connectivity index (χ4v) is 3.03. The van der Waals surface area contributed by atoms with E-state index in [0.29, 0.717) is 6.04 Å². The normalized spacial score (nSPS) is 30.1. The smallest absolute Gasteiger partial charge is 0.227 e. The molecule has 2 N–H and O–H groups in total. The summed E-state index contributed by atoms with van der Waals surface area (Å²) in [6.07, 6.45) is 9.73. The zero-order valence-corrected chi connectivity index (χ0v) is 12.3. The molecular weight excluding hydrogens is 248 g/mol. The number of carbonyl (C=O) groups excluding carboxylic acids is 1. The molecule has 3 nitrogen and oxygen atoms in total. The van der Waals surface area contributed by atoms with Gasteiger partial charge in [-0.25, -0.2) is 0 Å². The Hall–Kier alpha value is -0.280. The first-order valence-electron chi connectivity index (χ1n) is 7.22. The maximum absolute atomic E-state index is 12.3. The van der Waals surface area contributed by atoms with Crippen molar-refractivity contribution in [3.63, 3.8) is 0 Å². The number of hydrogen-bond acceptors (Lipinski definition) is 2. The highest BCUT2D eigenvalue weighted by Gasteiger charge is 2.35. The van der Waals surface area contributed by atoms with Crippen molar-refractivity contribution >= 4 is 18.3 Å². The molecular formula is C14H27ClN2O. The van der Waals surface area contributed by atoms with Crippen LogP contribution in [0, 0.1) is 5.41 Å². The van der Waals surface area contributed by atoms with Gasteiger partial charge < -0.3 is 10.6 Å². The highest BCUT2D eigenvalue weighted by atomic mass is 35.5. The summed E-state index contributed by atoms with van der Waals surface area (Å²) >= 11 is 0. The number of carbonyl (C=O) groups is 1. The number of hydrogen-bond donors (Lipinski definition) is 2. The molecule has 0 aromatic rings. The molecule has 1 aliphatic carbocycles. The Labute approximate surface area is 117 Å². The third-order valence-corrected chi connectivity index (χ3v) is 4.34. The van der Waals surface area contributed by atoms with Gasteiger partial charge in [0.1, 0.15) is 0 Å². The van der Waals surface area contributed by atoms with Gasteiger partial charge in [-0.15, -0.1) is 12.4 Å². The average molecular weight is 275 g/mol. The molecule has 0 spiro atoms. The van der Waals surface area contributed by atoms with E-state index in [1.807, 2.05) is 0 Å². The van der Waals surface area contributed by atoms with Gasteiger partial charge in [0.15, 0.2) is 0 Å². The van der Waals surface area contributed by atoms with Crippen molar-refractivity contribution in [2.24, 2.45) is 5.41 Å². The Morgan fingerprint density at radius 2 is 1.83 bits per heavy atom. The number of amides is 1. The van der Waals surface area contributed by atoms with Crippen LogP contribution in [0.5, 0.6) is 0 Å². The van der Waals surface area contributed by atoms with Crippen LogP contribution in [0.1, 0.15) is 58.3 Å². The predicted octanol–water partition coefficient (Wildman–Crippen LogP) is 2.64. The zero-order valence-electron chi connectivity index (χ0n) is 11.5. The van der Waals surface area contributed by atoms with Crippen LogP contribution in [0.25, 0.3) is 0 Å². The van der Waals surface area contributed by atoms with E-state index in [-0.39, 0.29) is 23.7 Å². The van der Waals surface area contributed by atoms with Crippen LogP contribution in [0.4, 0.5) is 0 Å². The third kappa shape index (κ3) is 4.13. The van der Waals surface area contributed by atoms with Gasteiger partial charge in [-0.1, -0.05) is 25.7 Å². The molecule has 0 bridgehead atoms. The fourth-order valence-electron chi connectivity index (χ4n) is 3.03. The van der Waals surface area contributed by atoms with Crippen LogP contribution in [0.2, 0.25) is 0 Å². The standard InChI is InChI=1S/C14H26N2O.ClH/c1-14(9-6-10-15-11-14)13(17)16-12-7-4-2-3-5-8-12;/h12,15H,2-11H2,1H3,(H,16,17);1H. The van der Waals surface area contributed by atoms with Gasteiger partial charge in [-0.05, 0) is 39.2 Å². The lowest BCUT2D eigenvalue weighted by Crippen LogP contribution is -2.51. The molecule has 18 heavy (non-hydrogen) atoms. The molecule has 1 saturated heterocycles. The van der Waals surface area contributed by atoms with Crippen molar-refractivity contribution < 1.29 is 4.79 Å². The molecule has 0 aromatic heterocycles. The van der Waals surface area contributed by atoms with Crippen LogP contribution in [-0.2, 0) is 4.79 Å². The van der Waals surface area contributed by atoms with E-state index in [9.17, 15) is 4.79 Å². The summed E-state index contributed by atoms with van der Waals surface area (Å²) in [5.74, 6) is 0.275. The number of nitrogens with one attached hydrogen (secondary N) is 2. The Kier molecular flexibility index (Phi) is 6.44. The highest BCUT2D eigenvalue weighted by Crippen LogP contribution is 2.26. The number of halogens is 1. The van der Waals surface area contributed by atoms with Gasteiger partial charge in [-0.3, -0.25) is 4.79 Å². The first-order valence-corrected chi connectivity index (χ1v) is 7.22. The maximum Gasteiger partial charge on any atom is 0.227 e. The molecule has 2 fully saturated rings. The Morgan fingerprint density at radius 3 is 2.39 bits per heavy atom. The lowest BCUT2D eigenvalue weighted by atomic mass is 9.81. The van der Waals surface area contributed by atoms with Gasteiger partial charge in [-0.2, -0.15) is 0 Å². The van der Waals surface area contributed by atoms with Gasteiger partial charge in [0.25, 0.3) is 0 Å². The second-order valence-corrected chi connectivity index (χ2v) is 6.00. The third-order valence-electron chi connectivity index (χ3n) is 4.34. The van der Waals surface area contributed by atoms with Crippen molar-refractivity contribution in [2.45, 2.75) is 64.3 Å². The van der Waals surface area contributed by atoms with E-state index in [1.54, 1.807) is 0 Å². The fraction of sp³-hybridized carbons (Fsp3) is 0.929. The van der Waals surface area contributed by atoms with Crippen molar-refractivity contribution in [1.82, 2.24) is 10.6 Å². The zero-order chi connectivity index (χ0) is 12.1. The second-order valence-electron chi connectivity index (χ2n) is 6.00. The molecule has 2 rings (SSSR count). The molecule has 1 aliphatic heterocycles. The first-order chi connectivity index (χ1) is 8.21. The highest BCUT2D eigenvalue weighted by molar-refractivity contribution is 5.85. The molecule has 0 radical (unpaired) electrons. The van der Waals surface area contributed by atoms with E-state index >= 15 is 0 Å². The van der Waals surface area contributed by atoms with Crippen molar-refractivity contribution in [1.29, 1.82) is 0 Å². The number of rotatable bonds is 2. The summed E-state index contributed by atoms with van der Waals surface area (Å²) in [6, 6.07) is 0.434. The molecule has 1 heterocycles. The Balaban J connectivity index is 0.00000162. The molecule has 1 unspecified atom stereocenters. The molecule has 1 amide bonds. The lowest BCUT2D eigenvalue weighted by molar-refractivity contribution is -0.131. The minimum absolute atomic E-state index is 0. The monoisotopic (exact) mass is 274 g/mol. The topological polar surface area (TPSA) is 41.1 Å². The maximum atomic E-state index is 12.3. The molecule has 1 saturated carbocycles. The quantitative estimate of drug-likeness (QED) is 0.760. The first kappa shape index (κ1) is 15.8. The second kappa shape index (κ2) is 7.34. The summed E-state index contributed by atoms with van der Waals surface area (Å²) in [6.45, 7) is 4.00. The van der Waals surface area contributed by atoms with E-state index in [4.69, 9.17) is 0 Å². The van der Waals surface area contributed by atoms with E-state index in [2.05, 4.69) is 17.6 Å². The van der Waals surface area contributed by atoms with Gasteiger partial charge in [0, 0.05) is 12.6 Å². The number of piperidine rings is 1. The molecule has 0 aromatic carbocycles. The predicted molar refractivity (Wildman–Crippen MR) is 77.1 cm³/mol. The molecule has 4 heteroatoms.